The van der Waals surface area contributed by atoms with Gasteiger partial charge in [0.1, 0.15) is 0 Å². The molecule has 0 spiro atoms. The number of aliphatic imine (C=N–C) groups is 1. The Morgan fingerprint density at radius 2 is 1.94 bits per heavy atom. The van der Waals surface area contributed by atoms with Crippen molar-refractivity contribution in [3.63, 3.8) is 0 Å². The molecule has 0 heterocycles. The van der Waals surface area contributed by atoms with Crippen molar-refractivity contribution < 1.29 is 0 Å². The smallest absolute Gasteiger partial charge is 0.205 e. The molecule has 0 aromatic heterocycles. The molecule has 1 fully saturated rings. The molecule has 0 unspecified atom stereocenters. The van der Waals surface area contributed by atoms with Crippen LogP contribution < -0.4 is 16.6 Å². The van der Waals surface area contributed by atoms with E-state index in [1.54, 1.807) is 0 Å². The molecule has 1 rings (SSSR count). The second kappa shape index (κ2) is 6.24. The standard InChI is InChI=1S/C13H28N4/c1-10(2)9-15-12(17-14)16-11-5-7-13(3,4)8-6-11/h10-11H,5-9,14H2,1-4H3,(H2,15,16,17). The zero-order valence-corrected chi connectivity index (χ0v) is 11.7. The molecular weight excluding hydrogens is 212 g/mol. The maximum Gasteiger partial charge on any atom is 0.205 e. The minimum absolute atomic E-state index is 0.504. The third-order valence-electron chi connectivity index (χ3n) is 3.43. The first-order chi connectivity index (χ1) is 7.93. The van der Waals surface area contributed by atoms with Gasteiger partial charge in [-0.15, -0.1) is 0 Å². The number of guanidine groups is 1. The van der Waals surface area contributed by atoms with Gasteiger partial charge in [-0.1, -0.05) is 27.7 Å². The van der Waals surface area contributed by atoms with E-state index in [9.17, 15) is 0 Å². The van der Waals surface area contributed by atoms with E-state index in [1.807, 2.05) is 0 Å². The normalized spacial score (nSPS) is 21.6. The molecule has 1 aliphatic rings. The van der Waals surface area contributed by atoms with Crippen molar-refractivity contribution in [2.45, 2.75) is 59.4 Å². The number of nitrogens with zero attached hydrogens (tertiary/aromatic N) is 1. The molecule has 1 aliphatic carbocycles. The van der Waals surface area contributed by atoms with E-state index < -0.39 is 0 Å². The van der Waals surface area contributed by atoms with Gasteiger partial charge in [-0.05, 0) is 37.0 Å². The van der Waals surface area contributed by atoms with Crippen LogP contribution in [0.4, 0.5) is 0 Å². The summed E-state index contributed by atoms with van der Waals surface area (Å²) in [5, 5.41) is 3.41. The first-order valence-corrected chi connectivity index (χ1v) is 6.70. The van der Waals surface area contributed by atoms with Gasteiger partial charge < -0.3 is 5.32 Å². The van der Waals surface area contributed by atoms with Crippen molar-refractivity contribution in [3.8, 4) is 0 Å². The van der Waals surface area contributed by atoms with Crippen LogP contribution in [0.5, 0.6) is 0 Å². The maximum atomic E-state index is 5.49. The summed E-state index contributed by atoms with van der Waals surface area (Å²) in [6.07, 6.45) is 4.95. The molecule has 0 radical (unpaired) electrons. The van der Waals surface area contributed by atoms with E-state index in [4.69, 9.17) is 5.84 Å². The lowest BCUT2D eigenvalue weighted by Gasteiger charge is -2.35. The fourth-order valence-electron chi connectivity index (χ4n) is 2.14. The Bertz CT molecular complexity index is 248. The van der Waals surface area contributed by atoms with Gasteiger partial charge in [0.25, 0.3) is 0 Å². The summed E-state index contributed by atoms with van der Waals surface area (Å²) in [6.45, 7) is 9.81. The van der Waals surface area contributed by atoms with Crippen LogP contribution in [0.15, 0.2) is 4.99 Å². The van der Waals surface area contributed by atoms with Crippen LogP contribution in [0, 0.1) is 11.3 Å². The first kappa shape index (κ1) is 14.3. The van der Waals surface area contributed by atoms with Crippen molar-refractivity contribution in [1.82, 2.24) is 10.7 Å². The van der Waals surface area contributed by atoms with E-state index >= 15 is 0 Å². The van der Waals surface area contributed by atoms with Gasteiger partial charge in [0.15, 0.2) is 0 Å². The average molecular weight is 240 g/mol. The Morgan fingerprint density at radius 3 is 2.41 bits per heavy atom. The Kier molecular flexibility index (Phi) is 5.25. The van der Waals surface area contributed by atoms with Crippen molar-refractivity contribution >= 4 is 5.96 Å². The molecule has 0 aromatic carbocycles. The molecule has 0 atom stereocenters. The average Bonchev–Trinajstić information content (AvgIpc) is 2.26. The minimum Gasteiger partial charge on any atom is -0.353 e. The maximum absolute atomic E-state index is 5.49. The molecule has 4 N–H and O–H groups in total. The van der Waals surface area contributed by atoms with Gasteiger partial charge >= 0.3 is 0 Å². The SMILES string of the molecule is CC(C)CN=C(NN)NC1CCC(C)(C)CC1. The Balaban J connectivity index is 2.39. The van der Waals surface area contributed by atoms with Crippen LogP contribution in [-0.2, 0) is 0 Å². The van der Waals surface area contributed by atoms with Crippen LogP contribution >= 0.6 is 0 Å². The molecule has 0 aliphatic heterocycles. The number of hydrogen-bond acceptors (Lipinski definition) is 2. The topological polar surface area (TPSA) is 62.4 Å². The third kappa shape index (κ3) is 5.39. The van der Waals surface area contributed by atoms with Crippen LogP contribution in [0.1, 0.15) is 53.4 Å². The summed E-state index contributed by atoms with van der Waals surface area (Å²) in [7, 11) is 0. The van der Waals surface area contributed by atoms with Gasteiger partial charge in [0, 0.05) is 12.6 Å². The minimum atomic E-state index is 0.504. The Hall–Kier alpha value is -0.770. The molecule has 0 aromatic rings. The Morgan fingerprint density at radius 1 is 1.35 bits per heavy atom. The molecule has 4 heteroatoms. The van der Waals surface area contributed by atoms with E-state index in [0.717, 1.165) is 12.5 Å². The molecular formula is C13H28N4. The fraction of sp³-hybridized carbons (Fsp3) is 0.923. The third-order valence-corrected chi connectivity index (χ3v) is 3.43. The quantitative estimate of drug-likeness (QED) is 0.306. The van der Waals surface area contributed by atoms with E-state index in [2.05, 4.69) is 43.4 Å². The lowest BCUT2D eigenvalue weighted by molar-refractivity contribution is 0.216. The second-order valence-electron chi connectivity index (χ2n) is 6.31. The number of nitrogens with one attached hydrogen (secondary N) is 2. The summed E-state index contributed by atoms with van der Waals surface area (Å²) in [5.74, 6) is 6.79. The lowest BCUT2D eigenvalue weighted by atomic mass is 9.76. The molecule has 17 heavy (non-hydrogen) atoms. The molecule has 4 nitrogen and oxygen atoms in total. The molecule has 0 saturated heterocycles. The Labute approximate surface area is 105 Å². The number of hydrazine groups is 1. The van der Waals surface area contributed by atoms with E-state index in [1.165, 1.54) is 25.7 Å². The summed E-state index contributed by atoms with van der Waals surface area (Å²) in [6, 6.07) is 0.519. The first-order valence-electron chi connectivity index (χ1n) is 6.70. The highest BCUT2D eigenvalue weighted by Crippen LogP contribution is 2.34. The monoisotopic (exact) mass is 240 g/mol. The van der Waals surface area contributed by atoms with Gasteiger partial charge in [-0.25, -0.2) is 5.84 Å². The molecule has 1 saturated carbocycles. The molecule has 100 valence electrons. The molecule has 0 amide bonds. The van der Waals surface area contributed by atoms with E-state index in [0.29, 0.717) is 17.4 Å². The highest BCUT2D eigenvalue weighted by Gasteiger charge is 2.26. The van der Waals surface area contributed by atoms with Crippen molar-refractivity contribution in [2.24, 2.45) is 22.2 Å². The van der Waals surface area contributed by atoms with Crippen molar-refractivity contribution in [2.75, 3.05) is 6.54 Å². The van der Waals surface area contributed by atoms with Gasteiger partial charge in [0.05, 0.1) is 0 Å². The van der Waals surface area contributed by atoms with Crippen LogP contribution in [0.2, 0.25) is 0 Å². The number of nitrogens with two attached hydrogens (primary N) is 1. The fourth-order valence-corrected chi connectivity index (χ4v) is 2.14. The predicted octanol–water partition coefficient (Wildman–Crippen LogP) is 2.02. The predicted molar refractivity (Wildman–Crippen MR) is 73.6 cm³/mol. The summed E-state index contributed by atoms with van der Waals surface area (Å²) >= 11 is 0. The largest absolute Gasteiger partial charge is 0.353 e. The number of rotatable bonds is 3. The van der Waals surface area contributed by atoms with Crippen LogP contribution in [0.3, 0.4) is 0 Å². The highest BCUT2D eigenvalue weighted by atomic mass is 15.3. The molecule has 0 bridgehead atoms. The highest BCUT2D eigenvalue weighted by molar-refractivity contribution is 5.79. The van der Waals surface area contributed by atoms with Crippen LogP contribution in [0.25, 0.3) is 0 Å². The van der Waals surface area contributed by atoms with E-state index in [-0.39, 0.29) is 0 Å². The van der Waals surface area contributed by atoms with Gasteiger partial charge in [0.2, 0.25) is 5.96 Å². The van der Waals surface area contributed by atoms with Crippen LogP contribution in [-0.4, -0.2) is 18.5 Å². The van der Waals surface area contributed by atoms with Crippen molar-refractivity contribution in [1.29, 1.82) is 0 Å². The lowest BCUT2D eigenvalue weighted by Crippen LogP contribution is -2.48. The van der Waals surface area contributed by atoms with Crippen molar-refractivity contribution in [3.05, 3.63) is 0 Å². The zero-order chi connectivity index (χ0) is 12.9. The van der Waals surface area contributed by atoms with Gasteiger partial charge in [-0.2, -0.15) is 0 Å². The van der Waals surface area contributed by atoms with Gasteiger partial charge in [-0.3, -0.25) is 10.4 Å². The number of hydrogen-bond donors (Lipinski definition) is 3. The zero-order valence-electron chi connectivity index (χ0n) is 11.7. The second-order valence-corrected chi connectivity index (χ2v) is 6.31. The summed E-state index contributed by atoms with van der Waals surface area (Å²) in [4.78, 5) is 4.44. The summed E-state index contributed by atoms with van der Waals surface area (Å²) in [5.41, 5.74) is 3.17. The summed E-state index contributed by atoms with van der Waals surface area (Å²) < 4.78 is 0.